The molecule has 0 spiro atoms. The Morgan fingerprint density at radius 3 is 1.67 bits per heavy atom. The molecule has 2 atom stereocenters. The van der Waals surface area contributed by atoms with Gasteiger partial charge in [0.2, 0.25) is 0 Å². The third-order valence-corrected chi connectivity index (χ3v) is 4.64. The normalized spacial score (nSPS) is 14.4. The summed E-state index contributed by atoms with van der Waals surface area (Å²) in [5.41, 5.74) is 0.260. The van der Waals surface area contributed by atoms with E-state index in [2.05, 4.69) is 19.1 Å². The van der Waals surface area contributed by atoms with E-state index in [0.717, 1.165) is 0 Å². The smallest absolute Gasteiger partial charge is 0.368 e. The molecule has 1 aromatic rings. The van der Waals surface area contributed by atoms with Crippen LogP contribution in [-0.4, -0.2) is 105 Å². The maximum atomic E-state index is 13.8. The van der Waals surface area contributed by atoms with Crippen LogP contribution < -0.4 is 4.74 Å². The number of alkyl halides is 8. The second kappa shape index (κ2) is 17.7. The van der Waals surface area contributed by atoms with Gasteiger partial charge in [0.1, 0.15) is 31.0 Å². The Bertz CT molecular complexity index is 953. The van der Waals surface area contributed by atoms with E-state index < -0.39 is 82.3 Å². The minimum absolute atomic E-state index is 0.116. The number of hydrogen-bond donors (Lipinski definition) is 3. The highest BCUT2D eigenvalue weighted by atomic mass is 19.3. The average molecular weight is 629 g/mol. The summed E-state index contributed by atoms with van der Waals surface area (Å²) >= 11 is 0. The lowest BCUT2D eigenvalue weighted by Gasteiger charge is -2.28. The van der Waals surface area contributed by atoms with Crippen LogP contribution >= 0.6 is 0 Å². The number of ether oxygens (including phenoxy) is 6. The van der Waals surface area contributed by atoms with Gasteiger partial charge in [0, 0.05) is 0 Å². The average Bonchev–Trinajstić information content (AvgIpc) is 2.86. The zero-order valence-electron chi connectivity index (χ0n) is 22.0. The predicted octanol–water partition coefficient (Wildman–Crippen LogP) is 3.95. The van der Waals surface area contributed by atoms with Crippen molar-refractivity contribution in [3.63, 3.8) is 0 Å². The predicted molar refractivity (Wildman–Crippen MR) is 126 cm³/mol. The van der Waals surface area contributed by atoms with Crippen molar-refractivity contribution in [2.75, 3.05) is 52.9 Å². The third-order valence-electron chi connectivity index (χ3n) is 4.64. The van der Waals surface area contributed by atoms with Crippen molar-refractivity contribution in [1.29, 1.82) is 0 Å². The molecule has 242 valence electrons. The second-order valence-electron chi connectivity index (χ2n) is 8.61. The number of rotatable bonds is 23. The van der Waals surface area contributed by atoms with Gasteiger partial charge in [0.15, 0.2) is 5.69 Å². The Morgan fingerprint density at radius 2 is 1.19 bits per heavy atom. The fraction of sp³-hybridized carbons (Fsp3) is 0.708. The van der Waals surface area contributed by atoms with Gasteiger partial charge in [0.25, 0.3) is 0 Å². The summed E-state index contributed by atoms with van der Waals surface area (Å²) in [7, 11) is 0. The lowest BCUT2D eigenvalue weighted by Crippen LogP contribution is -2.42. The van der Waals surface area contributed by atoms with Crippen LogP contribution in [0.5, 0.6) is 5.75 Å². The van der Waals surface area contributed by atoms with Gasteiger partial charge in [-0.15, -0.1) is 0 Å². The molecule has 0 aliphatic heterocycles. The van der Waals surface area contributed by atoms with Crippen LogP contribution in [0.15, 0.2) is 24.3 Å². The van der Waals surface area contributed by atoms with Crippen LogP contribution in [0, 0.1) is 6.57 Å². The Balaban J connectivity index is 2.40. The van der Waals surface area contributed by atoms with E-state index in [9.17, 15) is 45.3 Å². The standard InChI is InChI=1S/C24H31F8NO9/c1-33-17-3-2-4-20(11-17)40-15-19(36)14-38-9-6-22(27,28)42-24(31,32)16-23(29,30)41-21(25,26)5-8-37-12-18(35)13-39-10-7-34/h2-4,11,18-19,34-36H,5-10,12-16H2. The fourth-order valence-corrected chi connectivity index (χ4v) is 2.89. The van der Waals surface area contributed by atoms with Crippen molar-refractivity contribution >= 4 is 5.69 Å². The molecule has 3 N–H and O–H groups in total. The topological polar surface area (TPSA) is 120 Å². The highest BCUT2D eigenvalue weighted by Crippen LogP contribution is 2.40. The summed E-state index contributed by atoms with van der Waals surface area (Å²) in [5.74, 6) is 0.230. The Kier molecular flexibility index (Phi) is 15.8. The first kappa shape index (κ1) is 37.7. The molecule has 0 saturated heterocycles. The maximum absolute atomic E-state index is 13.8. The van der Waals surface area contributed by atoms with Gasteiger partial charge in [-0.25, -0.2) is 4.85 Å². The highest BCUT2D eigenvalue weighted by molar-refractivity contribution is 5.48. The monoisotopic (exact) mass is 629 g/mol. The first-order chi connectivity index (χ1) is 19.5. The summed E-state index contributed by atoms with van der Waals surface area (Å²) in [4.78, 5) is 3.17. The number of hydrogen-bond acceptors (Lipinski definition) is 9. The van der Waals surface area contributed by atoms with Crippen molar-refractivity contribution in [3.05, 3.63) is 35.7 Å². The fourth-order valence-electron chi connectivity index (χ4n) is 2.89. The molecule has 42 heavy (non-hydrogen) atoms. The molecule has 0 heterocycles. The van der Waals surface area contributed by atoms with Gasteiger partial charge in [0.05, 0.1) is 65.7 Å². The van der Waals surface area contributed by atoms with Gasteiger partial charge >= 0.3 is 24.4 Å². The lowest BCUT2D eigenvalue weighted by atomic mass is 10.3. The number of nitrogens with zero attached hydrogens (tertiary/aromatic N) is 1. The molecule has 0 fully saturated rings. The van der Waals surface area contributed by atoms with E-state index in [-0.39, 0.29) is 37.9 Å². The van der Waals surface area contributed by atoms with Crippen LogP contribution in [0.3, 0.4) is 0 Å². The van der Waals surface area contributed by atoms with Gasteiger partial charge in [-0.05, 0) is 12.1 Å². The van der Waals surface area contributed by atoms with Gasteiger partial charge in [-0.3, -0.25) is 9.47 Å². The van der Waals surface area contributed by atoms with Crippen molar-refractivity contribution < 1.29 is 78.9 Å². The number of benzene rings is 1. The van der Waals surface area contributed by atoms with E-state index in [1.54, 1.807) is 0 Å². The first-order valence-corrected chi connectivity index (χ1v) is 12.2. The maximum Gasteiger partial charge on any atom is 0.368 e. The SMILES string of the molecule is [C-]#[N+]c1cccc(OCC(O)COCCC(F)(F)OC(F)(F)CC(F)(F)OC(F)(F)CCOCC(O)COCCO)c1. The minimum atomic E-state index is -5.31. The molecule has 1 rings (SSSR count). The largest absolute Gasteiger partial charge is 0.492 e. The summed E-state index contributed by atoms with van der Waals surface area (Å²) in [6.07, 6.45) is -28.8. The molecule has 18 heteroatoms. The molecule has 2 unspecified atom stereocenters. The number of aliphatic hydroxyl groups excluding tert-OH is 3. The first-order valence-electron chi connectivity index (χ1n) is 12.2. The summed E-state index contributed by atoms with van der Waals surface area (Å²) in [5, 5.41) is 27.7. The van der Waals surface area contributed by atoms with Crippen molar-refractivity contribution in [2.45, 2.75) is 55.9 Å². The Labute approximate surface area is 235 Å². The number of halogens is 8. The molecule has 0 saturated carbocycles. The van der Waals surface area contributed by atoms with E-state index in [4.69, 9.17) is 25.9 Å². The van der Waals surface area contributed by atoms with Gasteiger partial charge in [-0.2, -0.15) is 35.1 Å². The van der Waals surface area contributed by atoms with E-state index >= 15 is 0 Å². The van der Waals surface area contributed by atoms with Crippen LogP contribution in [0.1, 0.15) is 19.3 Å². The Morgan fingerprint density at radius 1 is 0.714 bits per heavy atom. The summed E-state index contributed by atoms with van der Waals surface area (Å²) in [6.45, 7) is 2.67. The zero-order chi connectivity index (χ0) is 31.9. The van der Waals surface area contributed by atoms with Gasteiger partial charge in [-0.1, -0.05) is 12.1 Å². The lowest BCUT2D eigenvalue weighted by molar-refractivity contribution is -0.432. The molecule has 0 radical (unpaired) electrons. The molecule has 10 nitrogen and oxygen atoms in total. The van der Waals surface area contributed by atoms with Crippen molar-refractivity contribution in [3.8, 4) is 5.75 Å². The van der Waals surface area contributed by atoms with Crippen LogP contribution in [-0.2, 0) is 23.7 Å². The Hall–Kier alpha value is -2.37. The van der Waals surface area contributed by atoms with Crippen molar-refractivity contribution in [1.82, 2.24) is 0 Å². The van der Waals surface area contributed by atoms with E-state index in [1.165, 1.54) is 24.3 Å². The molecular formula is C24H31F8NO9. The summed E-state index contributed by atoms with van der Waals surface area (Å²) < 4.78 is 135. The van der Waals surface area contributed by atoms with Crippen LogP contribution in [0.2, 0.25) is 0 Å². The molecule has 0 amide bonds. The zero-order valence-corrected chi connectivity index (χ0v) is 22.0. The molecule has 0 aliphatic rings. The van der Waals surface area contributed by atoms with E-state index in [1.807, 2.05) is 0 Å². The molecule has 0 aromatic heterocycles. The minimum Gasteiger partial charge on any atom is -0.492 e. The third kappa shape index (κ3) is 17.6. The van der Waals surface area contributed by atoms with Crippen LogP contribution in [0.4, 0.5) is 40.8 Å². The summed E-state index contributed by atoms with van der Waals surface area (Å²) in [6, 6.07) is 5.87. The quantitative estimate of drug-likeness (QED) is 0.0939. The van der Waals surface area contributed by atoms with Gasteiger partial charge < -0.3 is 34.3 Å². The molecule has 0 bridgehead atoms. The highest BCUT2D eigenvalue weighted by Gasteiger charge is 2.54. The van der Waals surface area contributed by atoms with E-state index in [0.29, 0.717) is 0 Å². The second-order valence-corrected chi connectivity index (χ2v) is 8.61. The molecule has 0 aliphatic carbocycles. The van der Waals surface area contributed by atoms with Crippen molar-refractivity contribution in [2.24, 2.45) is 0 Å². The number of aliphatic hydroxyl groups is 3. The van der Waals surface area contributed by atoms with Crippen LogP contribution in [0.25, 0.3) is 4.85 Å². The molecule has 1 aromatic carbocycles. The molecular weight excluding hydrogens is 598 g/mol.